The normalized spacial score (nSPS) is 10.0. The highest BCUT2D eigenvalue weighted by Crippen LogP contribution is 2.20. The van der Waals surface area contributed by atoms with E-state index in [1.165, 1.54) is 30.5 Å². The van der Waals surface area contributed by atoms with Gasteiger partial charge in [-0.25, -0.2) is 4.79 Å². The van der Waals surface area contributed by atoms with Crippen LogP contribution in [0.1, 0.15) is 9.67 Å². The molecule has 0 fully saturated rings. The molecule has 2 rings (SSSR count). The van der Waals surface area contributed by atoms with Crippen molar-refractivity contribution in [2.45, 2.75) is 0 Å². The Morgan fingerprint density at radius 1 is 1.38 bits per heavy atom. The van der Waals surface area contributed by atoms with Gasteiger partial charge in [-0.15, -0.1) is 0 Å². The minimum absolute atomic E-state index is 0.108. The molecule has 1 aromatic carbocycles. The van der Waals surface area contributed by atoms with E-state index in [4.69, 9.17) is 15.6 Å². The van der Waals surface area contributed by atoms with E-state index in [2.05, 4.69) is 4.37 Å². The number of hydrogen-bond donors (Lipinski definition) is 2. The molecule has 0 aliphatic rings. The molecule has 2 aromatic rings. The number of nitrogens with two attached hydrogens (primary N) is 1. The average molecular weight is 236 g/mol. The van der Waals surface area contributed by atoms with Gasteiger partial charge in [0, 0.05) is 0 Å². The Balaban J connectivity index is 2.14. The van der Waals surface area contributed by atoms with E-state index in [-0.39, 0.29) is 10.6 Å². The van der Waals surface area contributed by atoms with Crippen LogP contribution in [0.4, 0.5) is 5.69 Å². The molecule has 5 nitrogen and oxygen atoms in total. The average Bonchev–Trinajstić information content (AvgIpc) is 2.68. The molecule has 0 aliphatic carbocycles. The van der Waals surface area contributed by atoms with Crippen LogP contribution < -0.4 is 10.5 Å². The van der Waals surface area contributed by atoms with Crippen molar-refractivity contribution in [3.8, 4) is 11.5 Å². The topological polar surface area (TPSA) is 85.4 Å². The van der Waals surface area contributed by atoms with E-state index < -0.39 is 5.97 Å². The standard InChI is InChI=1S/C10H8N2O3S/c11-8-5-12-16-9(8)10(14)15-7-3-1-6(13)2-4-7/h1-5,13H,11H2. The predicted octanol–water partition coefficient (Wildman–Crippen LogP) is 1.65. The number of hydrogen-bond acceptors (Lipinski definition) is 6. The monoisotopic (exact) mass is 236 g/mol. The van der Waals surface area contributed by atoms with Gasteiger partial charge >= 0.3 is 5.97 Å². The maximum atomic E-state index is 11.6. The van der Waals surface area contributed by atoms with Gasteiger partial charge in [0.25, 0.3) is 0 Å². The SMILES string of the molecule is Nc1cnsc1C(=O)Oc1ccc(O)cc1. The fraction of sp³-hybridized carbons (Fsp3) is 0. The van der Waals surface area contributed by atoms with Gasteiger partial charge in [0.1, 0.15) is 11.5 Å². The van der Waals surface area contributed by atoms with Gasteiger partial charge in [0.2, 0.25) is 0 Å². The third-order valence-corrected chi connectivity index (χ3v) is 2.63. The quantitative estimate of drug-likeness (QED) is 0.611. The lowest BCUT2D eigenvalue weighted by Gasteiger charge is -2.02. The number of carbonyl (C=O) groups excluding carboxylic acids is 1. The first-order valence-electron chi connectivity index (χ1n) is 4.38. The molecule has 1 aromatic heterocycles. The molecule has 6 heteroatoms. The fourth-order valence-corrected chi connectivity index (χ4v) is 1.62. The Morgan fingerprint density at radius 3 is 2.62 bits per heavy atom. The molecule has 0 radical (unpaired) electrons. The highest BCUT2D eigenvalue weighted by atomic mass is 32.1. The lowest BCUT2D eigenvalue weighted by Crippen LogP contribution is -2.08. The second-order valence-electron chi connectivity index (χ2n) is 2.99. The van der Waals surface area contributed by atoms with Gasteiger partial charge in [0.15, 0.2) is 4.88 Å². The Labute approximate surface area is 95.3 Å². The molecule has 1 heterocycles. The Kier molecular flexibility index (Phi) is 2.74. The number of ether oxygens (including phenoxy) is 1. The van der Waals surface area contributed by atoms with Crippen molar-refractivity contribution in [2.75, 3.05) is 5.73 Å². The van der Waals surface area contributed by atoms with Crippen LogP contribution in [0.15, 0.2) is 30.5 Å². The van der Waals surface area contributed by atoms with Gasteiger partial charge in [-0.1, -0.05) is 0 Å². The predicted molar refractivity (Wildman–Crippen MR) is 59.6 cm³/mol. The van der Waals surface area contributed by atoms with Crippen molar-refractivity contribution in [2.24, 2.45) is 0 Å². The zero-order chi connectivity index (χ0) is 11.5. The third kappa shape index (κ3) is 2.12. The molecule has 0 unspecified atom stereocenters. The van der Waals surface area contributed by atoms with Crippen LogP contribution >= 0.6 is 11.5 Å². The maximum absolute atomic E-state index is 11.6. The number of benzene rings is 1. The fourth-order valence-electron chi connectivity index (χ4n) is 1.07. The van der Waals surface area contributed by atoms with Crippen LogP contribution in [0.3, 0.4) is 0 Å². The summed E-state index contributed by atoms with van der Waals surface area (Å²) >= 11 is 0.981. The largest absolute Gasteiger partial charge is 0.508 e. The number of nitrogen functional groups attached to an aromatic ring is 1. The molecule has 0 atom stereocenters. The Hall–Kier alpha value is -2.08. The summed E-state index contributed by atoms with van der Waals surface area (Å²) in [6.45, 7) is 0. The van der Waals surface area contributed by atoms with E-state index >= 15 is 0 Å². The second-order valence-corrected chi connectivity index (χ2v) is 3.80. The first-order chi connectivity index (χ1) is 7.66. The van der Waals surface area contributed by atoms with Crippen LogP contribution in [-0.2, 0) is 0 Å². The smallest absolute Gasteiger partial charge is 0.357 e. The summed E-state index contributed by atoms with van der Waals surface area (Å²) < 4.78 is 8.81. The van der Waals surface area contributed by atoms with Crippen molar-refractivity contribution in [1.29, 1.82) is 0 Å². The van der Waals surface area contributed by atoms with Crippen molar-refractivity contribution >= 4 is 23.2 Å². The third-order valence-electron chi connectivity index (χ3n) is 1.83. The number of rotatable bonds is 2. The summed E-state index contributed by atoms with van der Waals surface area (Å²) in [4.78, 5) is 11.9. The summed E-state index contributed by atoms with van der Waals surface area (Å²) in [6.07, 6.45) is 1.40. The molecular formula is C10H8N2O3S. The number of carbonyl (C=O) groups is 1. The number of anilines is 1. The van der Waals surface area contributed by atoms with Crippen LogP contribution in [0.5, 0.6) is 11.5 Å². The lowest BCUT2D eigenvalue weighted by molar-refractivity contribution is 0.0740. The van der Waals surface area contributed by atoms with Gasteiger partial charge < -0.3 is 15.6 Å². The molecule has 82 valence electrons. The van der Waals surface area contributed by atoms with E-state index in [0.29, 0.717) is 11.4 Å². The molecule has 0 spiro atoms. The second kappa shape index (κ2) is 4.19. The Bertz CT molecular complexity index is 507. The minimum atomic E-state index is -0.550. The van der Waals surface area contributed by atoms with E-state index in [9.17, 15) is 4.79 Å². The number of phenols is 1. The molecular weight excluding hydrogens is 228 g/mol. The summed E-state index contributed by atoms with van der Waals surface area (Å²) in [5, 5.41) is 9.05. The van der Waals surface area contributed by atoms with Crippen molar-refractivity contribution in [3.63, 3.8) is 0 Å². The zero-order valence-corrected chi connectivity index (χ0v) is 8.90. The molecule has 0 saturated heterocycles. The first kappa shape index (κ1) is 10.4. The van der Waals surface area contributed by atoms with Crippen LogP contribution in [0, 0.1) is 0 Å². The molecule has 16 heavy (non-hydrogen) atoms. The van der Waals surface area contributed by atoms with E-state index in [0.717, 1.165) is 11.5 Å². The summed E-state index contributed by atoms with van der Waals surface area (Å²) in [6, 6.07) is 5.84. The van der Waals surface area contributed by atoms with E-state index in [1.807, 2.05) is 0 Å². The highest BCUT2D eigenvalue weighted by molar-refractivity contribution is 7.08. The summed E-state index contributed by atoms with van der Waals surface area (Å²) in [5.74, 6) is -0.0987. The van der Waals surface area contributed by atoms with E-state index in [1.54, 1.807) is 0 Å². The van der Waals surface area contributed by atoms with Crippen LogP contribution in [0.2, 0.25) is 0 Å². The number of phenolic OH excluding ortho intramolecular Hbond substituents is 1. The van der Waals surface area contributed by atoms with Gasteiger partial charge in [-0.2, -0.15) is 4.37 Å². The molecule has 0 saturated carbocycles. The van der Waals surface area contributed by atoms with Crippen LogP contribution in [0.25, 0.3) is 0 Å². The molecule has 0 bridgehead atoms. The summed E-state index contributed by atoms with van der Waals surface area (Å²) in [7, 11) is 0. The number of aromatic nitrogens is 1. The molecule has 0 aliphatic heterocycles. The molecule has 3 N–H and O–H groups in total. The van der Waals surface area contributed by atoms with Crippen LogP contribution in [-0.4, -0.2) is 15.4 Å². The van der Waals surface area contributed by atoms with Crippen molar-refractivity contribution in [3.05, 3.63) is 35.3 Å². The van der Waals surface area contributed by atoms with Gasteiger partial charge in [-0.05, 0) is 35.8 Å². The highest BCUT2D eigenvalue weighted by Gasteiger charge is 2.14. The Morgan fingerprint density at radius 2 is 2.06 bits per heavy atom. The lowest BCUT2D eigenvalue weighted by atomic mass is 10.3. The molecule has 0 amide bonds. The summed E-state index contributed by atoms with van der Waals surface area (Å²) in [5.41, 5.74) is 5.83. The number of esters is 1. The number of aromatic hydroxyl groups is 1. The maximum Gasteiger partial charge on any atom is 0.357 e. The van der Waals surface area contributed by atoms with Crippen molar-refractivity contribution in [1.82, 2.24) is 4.37 Å². The number of nitrogens with zero attached hydrogens (tertiary/aromatic N) is 1. The van der Waals surface area contributed by atoms with Gasteiger partial charge in [0.05, 0.1) is 11.9 Å². The van der Waals surface area contributed by atoms with Gasteiger partial charge in [-0.3, -0.25) is 0 Å². The van der Waals surface area contributed by atoms with Crippen molar-refractivity contribution < 1.29 is 14.6 Å². The first-order valence-corrected chi connectivity index (χ1v) is 5.15. The zero-order valence-electron chi connectivity index (χ0n) is 8.08. The minimum Gasteiger partial charge on any atom is -0.508 e.